The van der Waals surface area contributed by atoms with Crippen molar-refractivity contribution >= 4 is 11.7 Å². The summed E-state index contributed by atoms with van der Waals surface area (Å²) in [6.45, 7) is 27.7. The normalized spacial score (nSPS) is 17.1. The number of para-hydroxylation sites is 1. The lowest BCUT2D eigenvalue weighted by Gasteiger charge is -2.28. The number of ketones is 1. The molecule has 4 unspecified atom stereocenters. The Morgan fingerprint density at radius 2 is 1.40 bits per heavy atom. The summed E-state index contributed by atoms with van der Waals surface area (Å²) < 4.78 is 42.2. The van der Waals surface area contributed by atoms with Crippen molar-refractivity contribution < 1.29 is 27.5 Å². The van der Waals surface area contributed by atoms with Gasteiger partial charge >= 0.3 is 6.36 Å². The van der Waals surface area contributed by atoms with Crippen LogP contribution in [0.2, 0.25) is 0 Å². The van der Waals surface area contributed by atoms with Crippen molar-refractivity contribution in [2.24, 2.45) is 5.92 Å². The third-order valence-electron chi connectivity index (χ3n) is 10.9. The molecule has 1 saturated heterocycles. The number of amides is 1. The topological polar surface area (TPSA) is 67.4 Å². The molecule has 1 amide bonds. The van der Waals surface area contributed by atoms with Crippen molar-refractivity contribution in [1.29, 1.82) is 0 Å². The van der Waals surface area contributed by atoms with Gasteiger partial charge in [0.25, 0.3) is 0 Å². The first kappa shape index (κ1) is 51.4. The van der Waals surface area contributed by atoms with Crippen LogP contribution in [0.3, 0.4) is 0 Å². The third kappa shape index (κ3) is 17.4. The molecule has 1 aliphatic rings. The number of carbonyl (C=O) groups excluding carboxylic acids is 2. The molecule has 0 spiro atoms. The number of hydrogen-bond acceptors (Lipinski definition) is 4. The summed E-state index contributed by atoms with van der Waals surface area (Å²) in [7, 11) is 0. The van der Waals surface area contributed by atoms with Crippen LogP contribution in [0.5, 0.6) is 5.75 Å². The molecule has 3 aromatic carbocycles. The van der Waals surface area contributed by atoms with E-state index >= 15 is 0 Å². The Kier molecular flexibility index (Phi) is 23.1. The van der Waals surface area contributed by atoms with Crippen molar-refractivity contribution in [3.63, 3.8) is 0 Å². The lowest BCUT2D eigenvalue weighted by atomic mass is 9.85. The number of carbonyl (C=O) groups is 2. The Bertz CT molecular complexity index is 1630. The molecule has 5 nitrogen and oxygen atoms in total. The molecule has 0 radical (unpaired) electrons. The molecular formula is C49H75F3N2O3. The predicted octanol–water partition coefficient (Wildman–Crippen LogP) is 14.3. The summed E-state index contributed by atoms with van der Waals surface area (Å²) in [5.74, 6) is 0.975. The molecule has 0 aromatic heterocycles. The molecule has 4 atom stereocenters. The van der Waals surface area contributed by atoms with Gasteiger partial charge in [0.2, 0.25) is 5.91 Å². The van der Waals surface area contributed by atoms with Gasteiger partial charge in [-0.3, -0.25) is 10.1 Å². The van der Waals surface area contributed by atoms with Crippen LogP contribution in [0.25, 0.3) is 11.1 Å². The minimum atomic E-state index is -4.78. The summed E-state index contributed by atoms with van der Waals surface area (Å²) in [4.78, 5) is 22.9. The average molecular weight is 797 g/mol. The van der Waals surface area contributed by atoms with Crippen molar-refractivity contribution in [2.75, 3.05) is 0 Å². The molecule has 1 aliphatic heterocycles. The zero-order valence-electron chi connectivity index (χ0n) is 37.6. The van der Waals surface area contributed by atoms with Gasteiger partial charge in [-0.1, -0.05) is 136 Å². The number of Topliss-reactive ketones (excluding diaryl/α,β-unsaturated/α-hetero) is 1. The van der Waals surface area contributed by atoms with Crippen LogP contribution in [-0.4, -0.2) is 23.6 Å². The molecule has 4 rings (SSSR count). The Morgan fingerprint density at radius 3 is 1.88 bits per heavy atom. The Morgan fingerprint density at radius 1 is 0.789 bits per heavy atom. The Labute approximate surface area is 344 Å². The van der Waals surface area contributed by atoms with Crippen LogP contribution in [0.4, 0.5) is 13.2 Å². The number of rotatable bonds is 15. The molecule has 0 saturated carbocycles. The van der Waals surface area contributed by atoms with Gasteiger partial charge in [-0.05, 0) is 124 Å². The van der Waals surface area contributed by atoms with E-state index < -0.39 is 18.1 Å². The highest BCUT2D eigenvalue weighted by atomic mass is 19.4. The van der Waals surface area contributed by atoms with E-state index in [9.17, 15) is 22.8 Å². The number of halogens is 3. The maximum atomic E-state index is 12.7. The Balaban J connectivity index is 0.000000460. The van der Waals surface area contributed by atoms with Gasteiger partial charge in [-0.15, -0.1) is 13.2 Å². The number of nitrogens with one attached hydrogen (secondary N) is 2. The van der Waals surface area contributed by atoms with E-state index in [0.717, 1.165) is 38.5 Å². The van der Waals surface area contributed by atoms with Gasteiger partial charge in [0.1, 0.15) is 17.7 Å². The van der Waals surface area contributed by atoms with Crippen LogP contribution >= 0.6 is 0 Å². The standard InChI is InChI=1S/C20H26.C19H27F3N2O2.C6H12O.C4H10/c1-7-13(2)19-11-16(5)20(17(6)12-19)18-9-8-14(3)15(4)10-18;1-4-11-18(12-10-13(3)5-2)17(25)23-16(24-18)14-8-6-7-9-15(14)26-19(20,21)22;1-3-4-5-6(2)7;1-3-4-2/h8-13H,7H2,1-6H3;6-9,13,16,24H,4-5,10-12H2,1-3H3,(H,23,25);3-5H2,1-2H3;3-4H2,1-2H3. The summed E-state index contributed by atoms with van der Waals surface area (Å²) in [5.41, 5.74) is 9.25. The van der Waals surface area contributed by atoms with Crippen molar-refractivity contribution in [3.05, 3.63) is 88.0 Å². The summed E-state index contributed by atoms with van der Waals surface area (Å²) in [5, 5.41) is 6.09. The fourth-order valence-electron chi connectivity index (χ4n) is 6.65. The number of alkyl halides is 3. The fraction of sp³-hybridized carbons (Fsp3) is 0.592. The number of benzene rings is 3. The van der Waals surface area contributed by atoms with Crippen LogP contribution < -0.4 is 15.4 Å². The number of unbranched alkanes of at least 4 members (excludes halogenated alkanes) is 2. The van der Waals surface area contributed by atoms with Crippen LogP contribution in [0.1, 0.15) is 178 Å². The summed E-state index contributed by atoms with van der Waals surface area (Å²) in [6, 6.07) is 17.4. The first-order chi connectivity index (χ1) is 26.8. The number of aryl methyl sites for hydroxylation is 4. The molecule has 0 bridgehead atoms. The average Bonchev–Trinajstić information content (AvgIpc) is 3.48. The van der Waals surface area contributed by atoms with Crippen LogP contribution in [-0.2, 0) is 9.59 Å². The second kappa shape index (κ2) is 25.7. The molecular weight excluding hydrogens is 722 g/mol. The van der Waals surface area contributed by atoms with E-state index in [0.29, 0.717) is 30.5 Å². The van der Waals surface area contributed by atoms with E-state index in [-0.39, 0.29) is 17.2 Å². The molecule has 3 aromatic rings. The van der Waals surface area contributed by atoms with Gasteiger partial charge in [0.05, 0.1) is 5.54 Å². The monoisotopic (exact) mass is 797 g/mol. The summed E-state index contributed by atoms with van der Waals surface area (Å²) in [6.07, 6.45) is 5.27. The third-order valence-corrected chi connectivity index (χ3v) is 10.9. The second-order valence-electron chi connectivity index (χ2n) is 16.0. The molecule has 1 heterocycles. The highest BCUT2D eigenvalue weighted by Gasteiger charge is 2.46. The van der Waals surface area contributed by atoms with Crippen molar-refractivity contribution in [1.82, 2.24) is 10.6 Å². The van der Waals surface area contributed by atoms with Gasteiger partial charge in [-0.25, -0.2) is 0 Å². The minimum Gasteiger partial charge on any atom is -0.405 e. The highest BCUT2D eigenvalue weighted by Crippen LogP contribution is 2.36. The first-order valence-corrected chi connectivity index (χ1v) is 21.4. The molecule has 57 heavy (non-hydrogen) atoms. The van der Waals surface area contributed by atoms with E-state index in [2.05, 4.69) is 122 Å². The largest absolute Gasteiger partial charge is 0.573 e. The highest BCUT2D eigenvalue weighted by molar-refractivity contribution is 5.89. The zero-order valence-corrected chi connectivity index (χ0v) is 37.6. The summed E-state index contributed by atoms with van der Waals surface area (Å²) >= 11 is 0. The van der Waals surface area contributed by atoms with Crippen LogP contribution in [0, 0.1) is 33.6 Å². The van der Waals surface area contributed by atoms with E-state index in [1.807, 2.05) is 6.92 Å². The zero-order chi connectivity index (χ0) is 43.3. The van der Waals surface area contributed by atoms with E-state index in [1.165, 1.54) is 76.4 Å². The second-order valence-corrected chi connectivity index (χ2v) is 16.0. The first-order valence-electron chi connectivity index (χ1n) is 21.4. The molecule has 320 valence electrons. The van der Waals surface area contributed by atoms with Crippen LogP contribution in [0.15, 0.2) is 54.6 Å². The number of ether oxygens (including phenoxy) is 1. The van der Waals surface area contributed by atoms with Gasteiger partial charge in [0.15, 0.2) is 0 Å². The minimum absolute atomic E-state index is 0.158. The lowest BCUT2D eigenvalue weighted by molar-refractivity contribution is -0.275. The van der Waals surface area contributed by atoms with Crippen molar-refractivity contribution in [2.45, 2.75) is 185 Å². The number of hydrogen-bond donors (Lipinski definition) is 2. The molecule has 0 aliphatic carbocycles. The maximum absolute atomic E-state index is 12.7. The Hall–Kier alpha value is -3.65. The lowest BCUT2D eigenvalue weighted by Crippen LogP contribution is -2.46. The van der Waals surface area contributed by atoms with E-state index in [1.54, 1.807) is 13.0 Å². The van der Waals surface area contributed by atoms with Crippen molar-refractivity contribution in [3.8, 4) is 16.9 Å². The molecule has 2 N–H and O–H groups in total. The SMILES string of the molecule is CCC(C)c1cc(C)c(-c2ccc(C)c(C)c2)c(C)c1.CCCC.CCCC1(CCC(C)CC)NC(c2ccccc2OC(F)(F)F)NC1=O.CCCCC(C)=O. The maximum Gasteiger partial charge on any atom is 0.573 e. The quantitative estimate of drug-likeness (QED) is 0.161. The molecule has 8 heteroatoms. The van der Waals surface area contributed by atoms with E-state index in [4.69, 9.17) is 0 Å². The van der Waals surface area contributed by atoms with Gasteiger partial charge < -0.3 is 14.8 Å². The molecule has 1 fully saturated rings. The van der Waals surface area contributed by atoms with Gasteiger partial charge in [-0.2, -0.15) is 0 Å². The predicted molar refractivity (Wildman–Crippen MR) is 234 cm³/mol. The smallest absolute Gasteiger partial charge is 0.405 e. The fourth-order valence-corrected chi connectivity index (χ4v) is 6.65. The van der Waals surface area contributed by atoms with Gasteiger partial charge in [0, 0.05) is 12.0 Å².